The number of hydrogen-bond acceptors (Lipinski definition) is 3. The maximum Gasteiger partial charge on any atom is 0.139 e. The molecule has 0 fully saturated rings. The molecule has 1 aromatic rings. The highest BCUT2D eigenvalue weighted by molar-refractivity contribution is 6.34. The Bertz CT molecular complexity index is 419. The van der Waals surface area contributed by atoms with Gasteiger partial charge in [0.2, 0.25) is 0 Å². The van der Waals surface area contributed by atoms with Crippen LogP contribution in [0.1, 0.15) is 27.2 Å². The van der Waals surface area contributed by atoms with Crippen molar-refractivity contribution in [3.8, 4) is 5.75 Å². The third kappa shape index (κ3) is 7.34. The van der Waals surface area contributed by atoms with E-state index in [0.29, 0.717) is 27.8 Å². The molecule has 0 saturated heterocycles. The predicted molar refractivity (Wildman–Crippen MR) is 84.9 cm³/mol. The van der Waals surface area contributed by atoms with Crippen LogP contribution in [0.2, 0.25) is 10.0 Å². The molecule has 0 spiro atoms. The van der Waals surface area contributed by atoms with E-state index in [1.165, 1.54) is 0 Å². The average molecular weight is 320 g/mol. The molecule has 0 aliphatic rings. The number of hydrogen-bond donors (Lipinski definition) is 2. The standard InChI is InChI=1S/C15H23Cl2NO2/c1-15(2,3)6-7-18-9-12(19)10-20-14-8-11(16)4-5-13(14)17/h4-5,8,12,18-19H,6-7,9-10H2,1-3H3. The molecule has 1 unspecified atom stereocenters. The van der Waals surface area contributed by atoms with Crippen molar-refractivity contribution in [3.05, 3.63) is 28.2 Å². The first kappa shape index (κ1) is 17.6. The molecule has 0 amide bonds. The minimum absolute atomic E-state index is 0.183. The summed E-state index contributed by atoms with van der Waals surface area (Å²) in [5.41, 5.74) is 0.294. The Morgan fingerprint density at radius 2 is 2.00 bits per heavy atom. The lowest BCUT2D eigenvalue weighted by atomic mass is 9.92. The fourth-order valence-corrected chi connectivity index (χ4v) is 1.90. The smallest absolute Gasteiger partial charge is 0.139 e. The van der Waals surface area contributed by atoms with Gasteiger partial charge in [-0.15, -0.1) is 0 Å². The molecular formula is C15H23Cl2NO2. The first-order valence-corrected chi connectivity index (χ1v) is 7.50. The number of ether oxygens (including phenoxy) is 1. The molecule has 1 atom stereocenters. The molecule has 20 heavy (non-hydrogen) atoms. The molecule has 0 aromatic heterocycles. The van der Waals surface area contributed by atoms with Crippen LogP contribution in [0.15, 0.2) is 18.2 Å². The third-order valence-electron chi connectivity index (χ3n) is 2.76. The Kier molecular flexibility index (Phi) is 7.10. The van der Waals surface area contributed by atoms with Crippen molar-refractivity contribution in [3.63, 3.8) is 0 Å². The van der Waals surface area contributed by atoms with Crippen molar-refractivity contribution in [1.82, 2.24) is 5.32 Å². The van der Waals surface area contributed by atoms with Crippen molar-refractivity contribution in [2.45, 2.75) is 33.3 Å². The summed E-state index contributed by atoms with van der Waals surface area (Å²) in [6, 6.07) is 5.01. The van der Waals surface area contributed by atoms with E-state index in [2.05, 4.69) is 26.1 Å². The quantitative estimate of drug-likeness (QED) is 0.752. The van der Waals surface area contributed by atoms with Crippen LogP contribution < -0.4 is 10.1 Å². The fraction of sp³-hybridized carbons (Fsp3) is 0.600. The van der Waals surface area contributed by atoms with E-state index in [1.54, 1.807) is 18.2 Å². The minimum atomic E-state index is -0.579. The highest BCUT2D eigenvalue weighted by Crippen LogP contribution is 2.27. The van der Waals surface area contributed by atoms with Gasteiger partial charge in [0.1, 0.15) is 18.5 Å². The Balaban J connectivity index is 2.26. The van der Waals surface area contributed by atoms with Gasteiger partial charge >= 0.3 is 0 Å². The maximum atomic E-state index is 9.84. The van der Waals surface area contributed by atoms with E-state index >= 15 is 0 Å². The first-order chi connectivity index (χ1) is 9.28. The van der Waals surface area contributed by atoms with E-state index in [1.807, 2.05) is 0 Å². The molecule has 0 radical (unpaired) electrons. The van der Waals surface area contributed by atoms with Gasteiger partial charge < -0.3 is 15.2 Å². The van der Waals surface area contributed by atoms with Crippen LogP contribution >= 0.6 is 23.2 Å². The summed E-state index contributed by atoms with van der Waals surface area (Å²) in [7, 11) is 0. The second-order valence-electron chi connectivity index (χ2n) is 6.05. The van der Waals surface area contributed by atoms with Crippen molar-refractivity contribution in [2.75, 3.05) is 19.7 Å². The highest BCUT2D eigenvalue weighted by Gasteiger charge is 2.11. The fourth-order valence-electron chi connectivity index (χ4n) is 1.56. The number of aliphatic hydroxyl groups excluding tert-OH is 1. The Morgan fingerprint density at radius 1 is 1.30 bits per heavy atom. The zero-order valence-electron chi connectivity index (χ0n) is 12.2. The Hall–Kier alpha value is -0.480. The number of nitrogens with one attached hydrogen (secondary N) is 1. The molecule has 1 aromatic carbocycles. The highest BCUT2D eigenvalue weighted by atomic mass is 35.5. The predicted octanol–water partition coefficient (Wildman–Crippen LogP) is 3.76. The van der Waals surface area contributed by atoms with Crippen molar-refractivity contribution in [2.24, 2.45) is 5.41 Å². The molecule has 2 N–H and O–H groups in total. The molecule has 114 valence electrons. The summed E-state index contributed by atoms with van der Waals surface area (Å²) < 4.78 is 5.47. The van der Waals surface area contributed by atoms with Crippen LogP contribution in [0, 0.1) is 5.41 Å². The topological polar surface area (TPSA) is 41.5 Å². The van der Waals surface area contributed by atoms with Gasteiger partial charge in [-0.05, 0) is 30.5 Å². The summed E-state index contributed by atoms with van der Waals surface area (Å²) in [6.07, 6.45) is 0.478. The summed E-state index contributed by atoms with van der Waals surface area (Å²) >= 11 is 11.8. The molecule has 0 aliphatic heterocycles. The van der Waals surface area contributed by atoms with E-state index in [9.17, 15) is 5.11 Å². The average Bonchev–Trinajstić information content (AvgIpc) is 2.34. The Labute approximate surface area is 131 Å². The van der Waals surface area contributed by atoms with Gasteiger partial charge in [0, 0.05) is 17.6 Å². The molecule has 5 heteroatoms. The lowest BCUT2D eigenvalue weighted by Crippen LogP contribution is -2.33. The minimum Gasteiger partial charge on any atom is -0.489 e. The van der Waals surface area contributed by atoms with Crippen LogP contribution in [-0.2, 0) is 0 Å². The molecule has 0 saturated carbocycles. The summed E-state index contributed by atoms with van der Waals surface area (Å²) in [5.74, 6) is 0.493. The normalized spacial score (nSPS) is 13.3. The van der Waals surface area contributed by atoms with Gasteiger partial charge in [0.05, 0.1) is 5.02 Å². The van der Waals surface area contributed by atoms with Crippen LogP contribution in [0.5, 0.6) is 5.75 Å². The van der Waals surface area contributed by atoms with Crippen LogP contribution in [0.3, 0.4) is 0 Å². The molecular weight excluding hydrogens is 297 g/mol. The summed E-state index contributed by atoms with van der Waals surface area (Å²) in [4.78, 5) is 0. The van der Waals surface area contributed by atoms with Crippen molar-refractivity contribution >= 4 is 23.2 Å². The zero-order valence-corrected chi connectivity index (χ0v) is 13.8. The number of aliphatic hydroxyl groups is 1. The molecule has 0 bridgehead atoms. The van der Waals surface area contributed by atoms with Gasteiger partial charge in [-0.1, -0.05) is 44.0 Å². The SMILES string of the molecule is CC(C)(C)CCNCC(O)COc1cc(Cl)ccc1Cl. The van der Waals surface area contributed by atoms with Crippen molar-refractivity contribution in [1.29, 1.82) is 0 Å². The van der Waals surface area contributed by atoms with E-state index in [4.69, 9.17) is 27.9 Å². The third-order valence-corrected chi connectivity index (χ3v) is 3.30. The number of benzene rings is 1. The van der Waals surface area contributed by atoms with Crippen LogP contribution in [0.25, 0.3) is 0 Å². The molecule has 0 heterocycles. The zero-order chi connectivity index (χ0) is 15.2. The molecule has 3 nitrogen and oxygen atoms in total. The van der Waals surface area contributed by atoms with Gasteiger partial charge in [-0.2, -0.15) is 0 Å². The molecule has 1 rings (SSSR count). The van der Waals surface area contributed by atoms with Crippen LogP contribution in [0.4, 0.5) is 0 Å². The number of halogens is 2. The largest absolute Gasteiger partial charge is 0.489 e. The lowest BCUT2D eigenvalue weighted by molar-refractivity contribution is 0.106. The second kappa shape index (κ2) is 8.08. The van der Waals surface area contributed by atoms with E-state index in [0.717, 1.165) is 13.0 Å². The first-order valence-electron chi connectivity index (χ1n) is 6.74. The molecule has 0 aliphatic carbocycles. The van der Waals surface area contributed by atoms with E-state index < -0.39 is 6.10 Å². The monoisotopic (exact) mass is 319 g/mol. The van der Waals surface area contributed by atoms with Gasteiger partial charge in [-0.25, -0.2) is 0 Å². The summed E-state index contributed by atoms with van der Waals surface area (Å²) in [6.45, 7) is 8.12. The van der Waals surface area contributed by atoms with Gasteiger partial charge in [0.25, 0.3) is 0 Å². The maximum absolute atomic E-state index is 9.84. The van der Waals surface area contributed by atoms with Gasteiger partial charge in [-0.3, -0.25) is 0 Å². The van der Waals surface area contributed by atoms with E-state index in [-0.39, 0.29) is 6.61 Å². The Morgan fingerprint density at radius 3 is 2.65 bits per heavy atom. The summed E-state index contributed by atoms with van der Waals surface area (Å²) in [5, 5.41) is 14.1. The van der Waals surface area contributed by atoms with Crippen molar-refractivity contribution < 1.29 is 9.84 Å². The lowest BCUT2D eigenvalue weighted by Gasteiger charge is -2.19. The van der Waals surface area contributed by atoms with Crippen LogP contribution in [-0.4, -0.2) is 30.9 Å². The van der Waals surface area contributed by atoms with Gasteiger partial charge in [0.15, 0.2) is 0 Å². The number of rotatable bonds is 7. The second-order valence-corrected chi connectivity index (χ2v) is 6.90.